The number of halogens is 6. The standard InChI is InChI=1S/C15H24F6N4O2/c1-11-6-24(7-12(26)22(2)9-14(16,17)18)4-5-25(11)8-13(27)23(3)10-15(19,20)21/h11H,4-10H2,1-3H3. The highest BCUT2D eigenvalue weighted by Crippen LogP contribution is 2.17. The van der Waals surface area contributed by atoms with Crippen LogP contribution in [0.25, 0.3) is 0 Å². The molecule has 1 aliphatic rings. The monoisotopic (exact) mass is 406 g/mol. The van der Waals surface area contributed by atoms with Crippen molar-refractivity contribution < 1.29 is 35.9 Å². The fourth-order valence-electron chi connectivity index (χ4n) is 2.77. The van der Waals surface area contributed by atoms with E-state index in [0.29, 0.717) is 29.4 Å². The lowest BCUT2D eigenvalue weighted by atomic mass is 10.2. The number of piperazine rings is 1. The molecule has 1 heterocycles. The van der Waals surface area contributed by atoms with Gasteiger partial charge in [0, 0.05) is 39.8 Å². The van der Waals surface area contributed by atoms with E-state index in [1.54, 1.807) is 16.7 Å². The van der Waals surface area contributed by atoms with Crippen molar-refractivity contribution in [3.05, 3.63) is 0 Å². The number of alkyl halides is 6. The predicted molar refractivity (Wildman–Crippen MR) is 84.9 cm³/mol. The van der Waals surface area contributed by atoms with Gasteiger partial charge in [0.25, 0.3) is 0 Å². The summed E-state index contributed by atoms with van der Waals surface area (Å²) in [7, 11) is 2.15. The molecular weight excluding hydrogens is 382 g/mol. The molecule has 158 valence electrons. The molecule has 6 nitrogen and oxygen atoms in total. The van der Waals surface area contributed by atoms with E-state index in [0.717, 1.165) is 14.1 Å². The van der Waals surface area contributed by atoms with Gasteiger partial charge < -0.3 is 9.80 Å². The third kappa shape index (κ3) is 8.78. The average molecular weight is 406 g/mol. The zero-order valence-electron chi connectivity index (χ0n) is 15.4. The quantitative estimate of drug-likeness (QED) is 0.619. The maximum Gasteiger partial charge on any atom is 0.406 e. The second-order valence-corrected chi connectivity index (χ2v) is 6.78. The van der Waals surface area contributed by atoms with E-state index in [1.165, 1.54) is 0 Å². The Hall–Kier alpha value is -1.56. The van der Waals surface area contributed by atoms with Gasteiger partial charge in [0.2, 0.25) is 11.8 Å². The van der Waals surface area contributed by atoms with Gasteiger partial charge >= 0.3 is 12.4 Å². The maximum absolute atomic E-state index is 12.3. The first-order valence-electron chi connectivity index (χ1n) is 8.26. The molecule has 1 atom stereocenters. The van der Waals surface area contributed by atoms with Gasteiger partial charge in [-0.15, -0.1) is 0 Å². The van der Waals surface area contributed by atoms with Crippen LogP contribution in [0.2, 0.25) is 0 Å². The minimum absolute atomic E-state index is 0.188. The summed E-state index contributed by atoms with van der Waals surface area (Å²) in [6, 6.07) is -0.234. The van der Waals surface area contributed by atoms with Gasteiger partial charge in [0.1, 0.15) is 13.1 Å². The summed E-state index contributed by atoms with van der Waals surface area (Å²) in [6.45, 7) is -0.331. The van der Waals surface area contributed by atoms with E-state index < -0.39 is 37.3 Å². The van der Waals surface area contributed by atoms with Crippen molar-refractivity contribution in [3.8, 4) is 0 Å². The smallest absolute Gasteiger partial charge is 0.336 e. The summed E-state index contributed by atoms with van der Waals surface area (Å²) in [4.78, 5) is 28.4. The molecular formula is C15H24F6N4O2. The van der Waals surface area contributed by atoms with Gasteiger partial charge in [-0.25, -0.2) is 0 Å². The predicted octanol–water partition coefficient (Wildman–Crippen LogP) is 1.03. The Morgan fingerprint density at radius 2 is 1.33 bits per heavy atom. The Balaban J connectivity index is 2.48. The first-order valence-corrected chi connectivity index (χ1v) is 8.26. The molecule has 0 radical (unpaired) electrons. The number of carbonyl (C=O) groups excluding carboxylic acids is 2. The number of rotatable bonds is 6. The molecule has 1 saturated heterocycles. The van der Waals surface area contributed by atoms with Gasteiger partial charge in [0.05, 0.1) is 13.1 Å². The molecule has 27 heavy (non-hydrogen) atoms. The highest BCUT2D eigenvalue weighted by atomic mass is 19.4. The first kappa shape index (κ1) is 23.5. The highest BCUT2D eigenvalue weighted by Gasteiger charge is 2.34. The molecule has 0 aromatic heterocycles. The van der Waals surface area contributed by atoms with Crippen LogP contribution in [0.5, 0.6) is 0 Å². The molecule has 0 N–H and O–H groups in total. The molecule has 0 bridgehead atoms. The topological polar surface area (TPSA) is 47.1 Å². The van der Waals surface area contributed by atoms with Crippen molar-refractivity contribution in [1.29, 1.82) is 0 Å². The molecule has 1 rings (SSSR count). The van der Waals surface area contributed by atoms with Crippen molar-refractivity contribution in [3.63, 3.8) is 0 Å². The molecule has 2 amide bonds. The van der Waals surface area contributed by atoms with Gasteiger partial charge in [-0.2, -0.15) is 26.3 Å². The van der Waals surface area contributed by atoms with Crippen LogP contribution >= 0.6 is 0 Å². The van der Waals surface area contributed by atoms with E-state index in [2.05, 4.69) is 0 Å². The number of amides is 2. The van der Waals surface area contributed by atoms with E-state index in [4.69, 9.17) is 0 Å². The molecule has 0 aromatic carbocycles. The third-order valence-corrected chi connectivity index (χ3v) is 4.23. The number of likely N-dealkylation sites (N-methyl/N-ethyl adjacent to an activating group) is 2. The minimum atomic E-state index is -4.47. The molecule has 0 aromatic rings. The van der Waals surface area contributed by atoms with Gasteiger partial charge in [-0.05, 0) is 6.92 Å². The summed E-state index contributed by atoms with van der Waals surface area (Å²) < 4.78 is 74.0. The molecule has 0 saturated carbocycles. The fourth-order valence-corrected chi connectivity index (χ4v) is 2.77. The van der Waals surface area contributed by atoms with Crippen LogP contribution < -0.4 is 0 Å². The van der Waals surface area contributed by atoms with Crippen LogP contribution in [0.3, 0.4) is 0 Å². The second-order valence-electron chi connectivity index (χ2n) is 6.78. The number of hydrogen-bond donors (Lipinski definition) is 0. The average Bonchev–Trinajstić information content (AvgIpc) is 2.46. The molecule has 1 unspecified atom stereocenters. The van der Waals surface area contributed by atoms with Crippen LogP contribution in [-0.2, 0) is 9.59 Å². The zero-order valence-corrected chi connectivity index (χ0v) is 15.4. The molecule has 12 heteroatoms. The second kappa shape index (κ2) is 9.09. The van der Waals surface area contributed by atoms with Gasteiger partial charge in [-0.1, -0.05) is 0 Å². The van der Waals surface area contributed by atoms with Crippen LogP contribution in [0, 0.1) is 0 Å². The van der Waals surface area contributed by atoms with Crippen molar-refractivity contribution >= 4 is 11.8 Å². The van der Waals surface area contributed by atoms with Crippen molar-refractivity contribution in [2.75, 3.05) is 59.9 Å². The van der Waals surface area contributed by atoms with E-state index in [9.17, 15) is 35.9 Å². The fraction of sp³-hybridized carbons (Fsp3) is 0.867. The van der Waals surface area contributed by atoms with Crippen molar-refractivity contribution in [2.24, 2.45) is 0 Å². The summed E-state index contributed by atoms with van der Waals surface area (Å²) >= 11 is 0. The van der Waals surface area contributed by atoms with Gasteiger partial charge in [0.15, 0.2) is 0 Å². The third-order valence-electron chi connectivity index (χ3n) is 4.23. The van der Waals surface area contributed by atoms with Crippen LogP contribution in [0.15, 0.2) is 0 Å². The summed E-state index contributed by atoms with van der Waals surface area (Å²) in [5.74, 6) is -1.34. The summed E-state index contributed by atoms with van der Waals surface area (Å²) in [5, 5.41) is 0. The van der Waals surface area contributed by atoms with Crippen LogP contribution in [0.1, 0.15) is 6.92 Å². The Bertz CT molecular complexity index is 525. The lowest BCUT2D eigenvalue weighted by molar-refractivity contribution is -0.160. The van der Waals surface area contributed by atoms with Gasteiger partial charge in [-0.3, -0.25) is 19.4 Å². The van der Waals surface area contributed by atoms with Crippen molar-refractivity contribution in [1.82, 2.24) is 19.6 Å². The minimum Gasteiger partial charge on any atom is -0.336 e. The first-order chi connectivity index (χ1) is 12.2. The lowest BCUT2D eigenvalue weighted by Gasteiger charge is -2.40. The SMILES string of the molecule is CC1CN(CC(=O)N(C)CC(F)(F)F)CCN1CC(=O)N(C)CC(F)(F)F. The Kier molecular flexibility index (Phi) is 7.90. The van der Waals surface area contributed by atoms with Crippen LogP contribution in [-0.4, -0.2) is 110 Å². The van der Waals surface area contributed by atoms with E-state index in [-0.39, 0.29) is 19.1 Å². The normalized spacial score (nSPS) is 19.8. The maximum atomic E-state index is 12.3. The molecule has 0 spiro atoms. The number of hydrogen-bond acceptors (Lipinski definition) is 4. The summed E-state index contributed by atoms with van der Waals surface area (Å²) in [5.41, 5.74) is 0. The van der Waals surface area contributed by atoms with E-state index >= 15 is 0 Å². The lowest BCUT2D eigenvalue weighted by Crippen LogP contribution is -2.56. The molecule has 1 fully saturated rings. The van der Waals surface area contributed by atoms with Crippen molar-refractivity contribution in [2.45, 2.75) is 25.3 Å². The van der Waals surface area contributed by atoms with Crippen LogP contribution in [0.4, 0.5) is 26.3 Å². The highest BCUT2D eigenvalue weighted by molar-refractivity contribution is 5.78. The Morgan fingerprint density at radius 1 is 0.889 bits per heavy atom. The Labute approximate surface area is 153 Å². The Morgan fingerprint density at radius 3 is 1.74 bits per heavy atom. The number of carbonyl (C=O) groups is 2. The largest absolute Gasteiger partial charge is 0.406 e. The van der Waals surface area contributed by atoms with E-state index in [1.807, 2.05) is 0 Å². The summed E-state index contributed by atoms with van der Waals surface area (Å²) in [6.07, 6.45) is -8.95. The molecule has 1 aliphatic heterocycles. The zero-order chi connectivity index (χ0) is 21.0. The number of nitrogens with zero attached hydrogens (tertiary/aromatic N) is 4. The molecule has 0 aliphatic carbocycles.